The zero-order valence-electron chi connectivity index (χ0n) is 13.3. The molecular weight excluding hydrogens is 343 g/mol. The normalized spacial score (nSPS) is 16.0. The molecule has 126 valence electrons. The van der Waals surface area contributed by atoms with Crippen LogP contribution >= 0.6 is 11.6 Å². The summed E-state index contributed by atoms with van der Waals surface area (Å²) in [4.78, 5) is 4.21. The monoisotopic (exact) mass is 356 g/mol. The Morgan fingerprint density at radius 2 is 2.08 bits per heavy atom. The Balaban J connectivity index is 1.86. The van der Waals surface area contributed by atoms with Gasteiger partial charge in [0.2, 0.25) is 5.95 Å². The molecule has 0 bridgehead atoms. The third-order valence-electron chi connectivity index (χ3n) is 4.08. The molecule has 1 aliphatic heterocycles. The number of nitrogens with zero attached hydrogens (tertiary/aromatic N) is 3. The van der Waals surface area contributed by atoms with Crippen LogP contribution in [0.5, 0.6) is 5.75 Å². The molecule has 1 N–H and O–H groups in total. The van der Waals surface area contributed by atoms with Crippen LogP contribution in [0.25, 0.3) is 5.70 Å². The van der Waals surface area contributed by atoms with Crippen LogP contribution in [0.2, 0.25) is 5.02 Å². The van der Waals surface area contributed by atoms with E-state index in [-0.39, 0.29) is 5.82 Å². The fraction of sp³-hybridized carbons (Fsp3) is 0.111. The number of ether oxygens (including phenoxy) is 1. The molecule has 7 heteroatoms. The minimum absolute atomic E-state index is 0.342. The van der Waals surface area contributed by atoms with Gasteiger partial charge < -0.3 is 10.1 Å². The van der Waals surface area contributed by atoms with Gasteiger partial charge in [0.25, 0.3) is 0 Å². The lowest BCUT2D eigenvalue weighted by molar-refractivity contribution is 0.414. The highest BCUT2D eigenvalue weighted by atomic mass is 35.5. The van der Waals surface area contributed by atoms with Gasteiger partial charge in [-0.3, -0.25) is 0 Å². The SMILES string of the molecule is COc1cccc(C2=CC(c3c(F)cccc3Cl)n3ncnc3N2)c1. The summed E-state index contributed by atoms with van der Waals surface area (Å²) in [7, 11) is 1.61. The number of nitrogens with one attached hydrogen (secondary N) is 1. The predicted molar refractivity (Wildman–Crippen MR) is 94.2 cm³/mol. The molecule has 0 saturated carbocycles. The largest absolute Gasteiger partial charge is 0.497 e. The first kappa shape index (κ1) is 15.7. The van der Waals surface area contributed by atoms with E-state index in [0.717, 1.165) is 17.0 Å². The van der Waals surface area contributed by atoms with Crippen LogP contribution in [0.15, 0.2) is 54.9 Å². The lowest BCUT2D eigenvalue weighted by Gasteiger charge is -2.25. The molecule has 25 heavy (non-hydrogen) atoms. The molecular formula is C18H14ClFN4O. The predicted octanol–water partition coefficient (Wildman–Crippen LogP) is 4.14. The topological polar surface area (TPSA) is 52.0 Å². The number of aromatic nitrogens is 3. The number of methoxy groups -OCH3 is 1. The maximum absolute atomic E-state index is 14.5. The van der Waals surface area contributed by atoms with Crippen molar-refractivity contribution >= 4 is 23.2 Å². The van der Waals surface area contributed by atoms with Gasteiger partial charge in [-0.25, -0.2) is 9.07 Å². The Kier molecular flexibility index (Phi) is 3.89. The number of fused-ring (bicyclic) bond motifs is 1. The van der Waals surface area contributed by atoms with Crippen molar-refractivity contribution in [2.75, 3.05) is 12.4 Å². The van der Waals surface area contributed by atoms with Gasteiger partial charge in [-0.1, -0.05) is 29.8 Å². The summed E-state index contributed by atoms with van der Waals surface area (Å²) in [6, 6.07) is 11.7. The average Bonchev–Trinajstić information content (AvgIpc) is 3.10. The summed E-state index contributed by atoms with van der Waals surface area (Å²) in [5.74, 6) is 0.861. The standard InChI is InChI=1S/C18H14ClFN4O/c1-25-12-5-2-4-11(8-12)15-9-16(24-18(23-15)21-10-22-24)17-13(19)6-3-7-14(17)20/h2-10,16H,1H3,(H,21,22,23). The van der Waals surface area contributed by atoms with Gasteiger partial charge in [0.05, 0.1) is 7.11 Å². The van der Waals surface area contributed by atoms with Gasteiger partial charge in [0.1, 0.15) is 23.9 Å². The molecule has 0 amide bonds. The van der Waals surface area contributed by atoms with Crippen molar-refractivity contribution in [1.29, 1.82) is 0 Å². The molecule has 1 atom stereocenters. The third kappa shape index (κ3) is 2.74. The molecule has 0 fully saturated rings. The Labute approximate surface area is 148 Å². The highest BCUT2D eigenvalue weighted by molar-refractivity contribution is 6.31. The number of allylic oxidation sites excluding steroid dienone is 1. The van der Waals surface area contributed by atoms with Crippen molar-refractivity contribution in [3.8, 4) is 5.75 Å². The summed E-state index contributed by atoms with van der Waals surface area (Å²) in [5.41, 5.74) is 2.03. The van der Waals surface area contributed by atoms with E-state index in [1.807, 2.05) is 30.3 Å². The maximum atomic E-state index is 14.5. The first-order valence-electron chi connectivity index (χ1n) is 7.64. The van der Waals surface area contributed by atoms with Crippen molar-refractivity contribution < 1.29 is 9.13 Å². The Hall–Kier alpha value is -2.86. The average molecular weight is 357 g/mol. The molecule has 4 rings (SSSR count). The molecule has 0 spiro atoms. The molecule has 1 aliphatic rings. The van der Waals surface area contributed by atoms with E-state index in [0.29, 0.717) is 16.5 Å². The van der Waals surface area contributed by atoms with Crippen LogP contribution in [-0.2, 0) is 0 Å². The van der Waals surface area contributed by atoms with Crippen LogP contribution in [0, 0.1) is 5.82 Å². The second-order valence-corrected chi connectivity index (χ2v) is 5.95. The van der Waals surface area contributed by atoms with Crippen molar-refractivity contribution in [1.82, 2.24) is 14.8 Å². The summed E-state index contributed by atoms with van der Waals surface area (Å²) in [5, 5.41) is 7.76. The highest BCUT2D eigenvalue weighted by Crippen LogP contribution is 2.36. The van der Waals surface area contributed by atoms with Crippen molar-refractivity contribution in [2.45, 2.75) is 6.04 Å². The van der Waals surface area contributed by atoms with Crippen molar-refractivity contribution in [3.63, 3.8) is 0 Å². The molecule has 3 aromatic rings. The van der Waals surface area contributed by atoms with Crippen LogP contribution in [0.4, 0.5) is 10.3 Å². The molecule has 0 radical (unpaired) electrons. The summed E-state index contributed by atoms with van der Waals surface area (Å²) < 4.78 is 21.4. The van der Waals surface area contributed by atoms with Gasteiger partial charge in [0.15, 0.2) is 0 Å². The molecule has 0 aliphatic carbocycles. The van der Waals surface area contributed by atoms with E-state index in [1.54, 1.807) is 23.9 Å². The fourth-order valence-corrected chi connectivity index (χ4v) is 3.17. The van der Waals surface area contributed by atoms with E-state index in [1.165, 1.54) is 12.4 Å². The zero-order valence-corrected chi connectivity index (χ0v) is 14.0. The Morgan fingerprint density at radius 3 is 2.88 bits per heavy atom. The molecule has 5 nitrogen and oxygen atoms in total. The van der Waals surface area contributed by atoms with Crippen LogP contribution in [0.3, 0.4) is 0 Å². The van der Waals surface area contributed by atoms with Gasteiger partial charge in [-0.05, 0) is 30.3 Å². The number of hydrogen-bond donors (Lipinski definition) is 1. The molecule has 1 aromatic heterocycles. The maximum Gasteiger partial charge on any atom is 0.226 e. The van der Waals surface area contributed by atoms with E-state index in [9.17, 15) is 4.39 Å². The van der Waals surface area contributed by atoms with E-state index in [4.69, 9.17) is 16.3 Å². The van der Waals surface area contributed by atoms with Gasteiger partial charge in [-0.15, -0.1) is 0 Å². The first-order chi connectivity index (χ1) is 12.2. The van der Waals surface area contributed by atoms with E-state index in [2.05, 4.69) is 15.4 Å². The second-order valence-electron chi connectivity index (χ2n) is 5.55. The quantitative estimate of drug-likeness (QED) is 0.766. The Bertz CT molecular complexity index is 949. The third-order valence-corrected chi connectivity index (χ3v) is 4.41. The summed E-state index contributed by atoms with van der Waals surface area (Å²) >= 11 is 6.27. The van der Waals surface area contributed by atoms with Crippen LogP contribution < -0.4 is 10.1 Å². The summed E-state index contributed by atoms with van der Waals surface area (Å²) in [6.07, 6.45) is 3.30. The molecule has 2 heterocycles. The lowest BCUT2D eigenvalue weighted by atomic mass is 10.0. The van der Waals surface area contributed by atoms with Crippen LogP contribution in [-0.4, -0.2) is 21.9 Å². The van der Waals surface area contributed by atoms with Gasteiger partial charge in [0, 0.05) is 21.8 Å². The first-order valence-corrected chi connectivity index (χ1v) is 8.02. The number of hydrogen-bond acceptors (Lipinski definition) is 4. The second kappa shape index (κ2) is 6.22. The molecule has 2 aromatic carbocycles. The van der Waals surface area contributed by atoms with Gasteiger partial charge in [-0.2, -0.15) is 10.1 Å². The molecule has 1 unspecified atom stereocenters. The molecule has 0 saturated heterocycles. The highest BCUT2D eigenvalue weighted by Gasteiger charge is 2.27. The van der Waals surface area contributed by atoms with Crippen molar-refractivity contribution in [3.05, 3.63) is 76.8 Å². The van der Waals surface area contributed by atoms with Crippen molar-refractivity contribution in [2.24, 2.45) is 0 Å². The zero-order chi connectivity index (χ0) is 17.4. The van der Waals surface area contributed by atoms with Crippen LogP contribution in [0.1, 0.15) is 17.2 Å². The van der Waals surface area contributed by atoms with Gasteiger partial charge >= 0.3 is 0 Å². The fourth-order valence-electron chi connectivity index (χ4n) is 2.89. The number of benzene rings is 2. The smallest absolute Gasteiger partial charge is 0.226 e. The minimum Gasteiger partial charge on any atom is -0.497 e. The van der Waals surface area contributed by atoms with E-state index >= 15 is 0 Å². The number of anilines is 1. The lowest BCUT2D eigenvalue weighted by Crippen LogP contribution is -2.21. The number of halogens is 2. The minimum atomic E-state index is -0.506. The van der Waals surface area contributed by atoms with E-state index < -0.39 is 6.04 Å². The number of rotatable bonds is 3. The summed E-state index contributed by atoms with van der Waals surface area (Å²) in [6.45, 7) is 0. The Morgan fingerprint density at radius 1 is 1.24 bits per heavy atom.